The number of carbonyl (C=O) groups is 1. The van der Waals surface area contributed by atoms with Crippen LogP contribution in [0.4, 0.5) is 5.69 Å². The van der Waals surface area contributed by atoms with E-state index in [2.05, 4.69) is 0 Å². The first-order chi connectivity index (χ1) is 9.79. The van der Waals surface area contributed by atoms with Crippen LogP contribution < -0.4 is 4.90 Å². The second-order valence-electron chi connectivity index (χ2n) is 5.37. The first-order valence-corrected chi connectivity index (χ1v) is 9.05. The number of benzene rings is 1. The van der Waals surface area contributed by atoms with Crippen molar-refractivity contribution in [3.63, 3.8) is 0 Å². The number of carboxylic acids is 1. The number of aliphatic carboxylic acids is 1. The van der Waals surface area contributed by atoms with Crippen molar-refractivity contribution in [3.05, 3.63) is 29.3 Å². The molecule has 0 heterocycles. The first-order valence-electron chi connectivity index (χ1n) is 6.72. The Morgan fingerprint density at radius 1 is 1.43 bits per heavy atom. The van der Waals surface area contributed by atoms with Crippen molar-refractivity contribution in [2.45, 2.75) is 30.6 Å². The van der Waals surface area contributed by atoms with Crippen LogP contribution >= 0.6 is 11.6 Å². The molecule has 2 atom stereocenters. The van der Waals surface area contributed by atoms with E-state index < -0.39 is 21.1 Å². The van der Waals surface area contributed by atoms with E-state index in [1.165, 1.54) is 6.26 Å². The third-order valence-electron chi connectivity index (χ3n) is 3.81. The van der Waals surface area contributed by atoms with Gasteiger partial charge in [0.25, 0.3) is 0 Å². The molecule has 0 radical (unpaired) electrons. The maximum atomic E-state index is 11.9. The van der Waals surface area contributed by atoms with Gasteiger partial charge < -0.3 is 10.0 Å². The van der Waals surface area contributed by atoms with Crippen molar-refractivity contribution in [1.29, 1.82) is 0 Å². The lowest BCUT2D eigenvalue weighted by Gasteiger charge is -2.33. The van der Waals surface area contributed by atoms with Gasteiger partial charge in [0, 0.05) is 23.0 Å². The highest BCUT2D eigenvalue weighted by atomic mass is 35.5. The van der Waals surface area contributed by atoms with Crippen molar-refractivity contribution in [2.24, 2.45) is 0 Å². The number of anilines is 1. The summed E-state index contributed by atoms with van der Waals surface area (Å²) in [6.45, 7) is -0.239. The smallest absolute Gasteiger partial charge is 0.323 e. The fourth-order valence-electron chi connectivity index (χ4n) is 2.96. The molecule has 0 aliphatic heterocycles. The summed E-state index contributed by atoms with van der Waals surface area (Å²) in [5, 5.41) is 9.11. The topological polar surface area (TPSA) is 74.7 Å². The van der Waals surface area contributed by atoms with Crippen molar-refractivity contribution < 1.29 is 18.3 Å². The van der Waals surface area contributed by atoms with Gasteiger partial charge in [0.05, 0.1) is 5.25 Å². The monoisotopic (exact) mass is 331 g/mol. The van der Waals surface area contributed by atoms with Crippen molar-refractivity contribution >= 4 is 33.1 Å². The molecule has 0 saturated heterocycles. The Balaban J connectivity index is 2.38. The minimum atomic E-state index is -3.22. The summed E-state index contributed by atoms with van der Waals surface area (Å²) >= 11 is 5.97. The molecule has 5 nitrogen and oxygen atoms in total. The summed E-state index contributed by atoms with van der Waals surface area (Å²) < 4.78 is 23.9. The van der Waals surface area contributed by atoms with Gasteiger partial charge in [-0.3, -0.25) is 4.79 Å². The fraction of sp³-hybridized carbons (Fsp3) is 0.500. The average molecular weight is 332 g/mol. The number of sulfone groups is 1. The molecule has 1 fully saturated rings. The van der Waals surface area contributed by atoms with Crippen molar-refractivity contribution in [3.8, 4) is 0 Å². The highest BCUT2D eigenvalue weighted by Crippen LogP contribution is 2.33. The lowest BCUT2D eigenvalue weighted by atomic mass is 10.1. The molecule has 0 bridgehead atoms. The van der Waals surface area contributed by atoms with Crippen LogP contribution in [-0.4, -0.2) is 43.6 Å². The number of rotatable bonds is 5. The Labute approximate surface area is 129 Å². The Morgan fingerprint density at radius 3 is 2.71 bits per heavy atom. The van der Waals surface area contributed by atoms with E-state index in [1.54, 1.807) is 29.2 Å². The standard InChI is InChI=1S/C14H18ClNO4S/c1-21(19,20)13-7-3-6-12(13)16(9-14(17)18)11-5-2-4-10(15)8-11/h2,4-5,8,12-13H,3,6-7,9H2,1H3,(H,17,18). The number of carboxylic acid groups (broad SMARTS) is 1. The van der Waals surface area contributed by atoms with Crippen molar-refractivity contribution in [1.82, 2.24) is 0 Å². The minimum Gasteiger partial charge on any atom is -0.480 e. The zero-order chi connectivity index (χ0) is 15.6. The van der Waals surface area contributed by atoms with Crippen LogP contribution in [0.5, 0.6) is 0 Å². The maximum absolute atomic E-state index is 11.9. The summed E-state index contributed by atoms with van der Waals surface area (Å²) in [6, 6.07) is 6.53. The Morgan fingerprint density at radius 2 is 2.14 bits per heavy atom. The molecule has 7 heteroatoms. The predicted molar refractivity (Wildman–Crippen MR) is 82.7 cm³/mol. The third-order valence-corrected chi connectivity index (χ3v) is 5.70. The van der Waals surface area contributed by atoms with Gasteiger partial charge >= 0.3 is 5.97 Å². The quantitative estimate of drug-likeness (QED) is 0.895. The molecule has 0 aromatic heterocycles. The minimum absolute atomic E-state index is 0.239. The molecule has 1 aliphatic rings. The van der Waals surface area contributed by atoms with E-state index in [-0.39, 0.29) is 12.6 Å². The van der Waals surface area contributed by atoms with Crippen LogP contribution in [-0.2, 0) is 14.6 Å². The Kier molecular flexibility index (Phi) is 4.78. The lowest BCUT2D eigenvalue weighted by Crippen LogP contribution is -2.46. The molecule has 116 valence electrons. The van der Waals surface area contributed by atoms with Crippen LogP contribution in [0.3, 0.4) is 0 Å². The molecule has 1 aromatic rings. The van der Waals surface area contributed by atoms with Crippen LogP contribution in [0.25, 0.3) is 0 Å². The molecule has 2 unspecified atom stereocenters. The largest absolute Gasteiger partial charge is 0.480 e. The molecule has 1 aromatic carbocycles. The number of hydrogen-bond donors (Lipinski definition) is 1. The van der Waals surface area contributed by atoms with Crippen LogP contribution in [0, 0.1) is 0 Å². The van der Waals surface area contributed by atoms with E-state index in [0.717, 1.165) is 6.42 Å². The highest BCUT2D eigenvalue weighted by Gasteiger charge is 2.39. The van der Waals surface area contributed by atoms with Gasteiger partial charge in [-0.05, 0) is 37.5 Å². The highest BCUT2D eigenvalue weighted by molar-refractivity contribution is 7.91. The Bertz CT molecular complexity index is 632. The van der Waals surface area contributed by atoms with Crippen LogP contribution in [0.1, 0.15) is 19.3 Å². The number of nitrogens with zero attached hydrogens (tertiary/aromatic N) is 1. The summed E-state index contributed by atoms with van der Waals surface area (Å²) in [6.07, 6.45) is 3.23. The van der Waals surface area contributed by atoms with Gasteiger partial charge in [-0.25, -0.2) is 8.42 Å². The normalized spacial score (nSPS) is 22.2. The third kappa shape index (κ3) is 3.89. The van der Waals surface area contributed by atoms with Gasteiger partial charge in [-0.2, -0.15) is 0 Å². The molecular weight excluding hydrogens is 314 g/mol. The molecule has 1 N–H and O–H groups in total. The second-order valence-corrected chi connectivity index (χ2v) is 8.07. The molecule has 21 heavy (non-hydrogen) atoms. The Hall–Kier alpha value is -1.27. The van der Waals surface area contributed by atoms with Crippen LogP contribution in [0.15, 0.2) is 24.3 Å². The van der Waals surface area contributed by atoms with E-state index in [9.17, 15) is 13.2 Å². The molecule has 0 amide bonds. The predicted octanol–water partition coefficient (Wildman–Crippen LogP) is 2.20. The molecule has 2 rings (SSSR count). The van der Waals surface area contributed by atoms with Gasteiger partial charge in [-0.15, -0.1) is 0 Å². The fourth-order valence-corrected chi connectivity index (χ4v) is 4.60. The van der Waals surface area contributed by atoms with Gasteiger partial charge in [0.2, 0.25) is 0 Å². The molecule has 1 saturated carbocycles. The van der Waals surface area contributed by atoms with E-state index in [4.69, 9.17) is 16.7 Å². The average Bonchev–Trinajstić information content (AvgIpc) is 2.84. The summed E-state index contributed by atoms with van der Waals surface area (Å²) in [4.78, 5) is 12.8. The lowest BCUT2D eigenvalue weighted by molar-refractivity contribution is -0.135. The summed E-state index contributed by atoms with van der Waals surface area (Å²) in [5.74, 6) is -0.992. The molecular formula is C14H18ClNO4S. The zero-order valence-corrected chi connectivity index (χ0v) is 13.3. The van der Waals surface area contributed by atoms with Crippen molar-refractivity contribution in [2.75, 3.05) is 17.7 Å². The van der Waals surface area contributed by atoms with Gasteiger partial charge in [0.15, 0.2) is 9.84 Å². The van der Waals surface area contributed by atoms with E-state index >= 15 is 0 Å². The summed E-state index contributed by atoms with van der Waals surface area (Å²) in [5.41, 5.74) is 0.644. The second kappa shape index (κ2) is 6.23. The van der Waals surface area contributed by atoms with Gasteiger partial charge in [-0.1, -0.05) is 17.7 Å². The van der Waals surface area contributed by atoms with E-state index in [0.29, 0.717) is 23.6 Å². The SMILES string of the molecule is CS(=O)(=O)C1CCCC1N(CC(=O)O)c1cccc(Cl)c1. The maximum Gasteiger partial charge on any atom is 0.323 e. The molecule has 1 aliphatic carbocycles. The molecule has 0 spiro atoms. The summed E-state index contributed by atoms with van der Waals surface area (Å²) in [7, 11) is -3.22. The number of hydrogen-bond acceptors (Lipinski definition) is 4. The first kappa shape index (κ1) is 16.1. The zero-order valence-electron chi connectivity index (χ0n) is 11.7. The number of halogens is 1. The van der Waals surface area contributed by atoms with Crippen LogP contribution in [0.2, 0.25) is 5.02 Å². The van der Waals surface area contributed by atoms with E-state index in [1.807, 2.05) is 0 Å². The van der Waals surface area contributed by atoms with Gasteiger partial charge in [0.1, 0.15) is 6.54 Å².